The summed E-state index contributed by atoms with van der Waals surface area (Å²) >= 11 is 0. The molecule has 0 aromatic carbocycles. The van der Waals surface area contributed by atoms with Crippen molar-refractivity contribution in [3.63, 3.8) is 0 Å². The van der Waals surface area contributed by atoms with Gasteiger partial charge in [0, 0.05) is 11.0 Å². The quantitative estimate of drug-likeness (QED) is 0.770. The number of rotatable bonds is 4. The van der Waals surface area contributed by atoms with Crippen molar-refractivity contribution in [1.29, 1.82) is 0 Å². The Balaban J connectivity index is 2.63. The van der Waals surface area contributed by atoms with Crippen LogP contribution in [0.5, 0.6) is 0 Å². The van der Waals surface area contributed by atoms with E-state index < -0.39 is 0 Å². The van der Waals surface area contributed by atoms with Gasteiger partial charge in [-0.05, 0) is 45.7 Å². The molecule has 0 bridgehead atoms. The van der Waals surface area contributed by atoms with Crippen molar-refractivity contribution >= 4 is 5.91 Å². The zero-order chi connectivity index (χ0) is 12.2. The maximum Gasteiger partial charge on any atom is 0.226 e. The summed E-state index contributed by atoms with van der Waals surface area (Å²) in [5.74, 6) is 0.236. The third kappa shape index (κ3) is 2.97. The van der Waals surface area contributed by atoms with Crippen molar-refractivity contribution in [2.24, 2.45) is 5.41 Å². The lowest BCUT2D eigenvalue weighted by atomic mass is 9.79. The summed E-state index contributed by atoms with van der Waals surface area (Å²) < 4.78 is 0. The van der Waals surface area contributed by atoms with Gasteiger partial charge in [0.1, 0.15) is 0 Å². The van der Waals surface area contributed by atoms with Gasteiger partial charge in [0.25, 0.3) is 0 Å². The van der Waals surface area contributed by atoms with Crippen LogP contribution in [0.4, 0.5) is 0 Å². The maximum absolute atomic E-state index is 12.3. The molecular formula is C13H26N2O. The number of carbonyl (C=O) groups is 1. The molecule has 1 aliphatic rings. The van der Waals surface area contributed by atoms with Gasteiger partial charge in [-0.15, -0.1) is 0 Å². The molecule has 2 N–H and O–H groups in total. The minimum atomic E-state index is -0.170. The zero-order valence-corrected chi connectivity index (χ0v) is 11.2. The molecule has 16 heavy (non-hydrogen) atoms. The normalized spacial score (nSPS) is 20.5. The molecule has 1 rings (SSSR count). The number of piperidine rings is 1. The minimum Gasteiger partial charge on any atom is -0.350 e. The highest BCUT2D eigenvalue weighted by atomic mass is 16.2. The van der Waals surface area contributed by atoms with Crippen molar-refractivity contribution in [3.8, 4) is 0 Å². The lowest BCUT2D eigenvalue weighted by Crippen LogP contribution is -2.53. The molecular weight excluding hydrogens is 200 g/mol. The van der Waals surface area contributed by atoms with Crippen LogP contribution in [-0.4, -0.2) is 24.5 Å². The highest BCUT2D eigenvalue weighted by Gasteiger charge is 2.37. The van der Waals surface area contributed by atoms with E-state index in [-0.39, 0.29) is 16.9 Å². The third-order valence-corrected chi connectivity index (χ3v) is 4.23. The first-order chi connectivity index (χ1) is 7.46. The average molecular weight is 226 g/mol. The molecule has 1 amide bonds. The standard InChI is InChI=1S/C13H26N2O/c1-5-13(4,6-2)15-11(16)12(3)7-9-14-10-8-12/h14H,5-10H2,1-4H3,(H,15,16). The van der Waals surface area contributed by atoms with E-state index in [4.69, 9.17) is 0 Å². The minimum absolute atomic E-state index is 0.0367. The topological polar surface area (TPSA) is 41.1 Å². The summed E-state index contributed by atoms with van der Waals surface area (Å²) in [6.07, 6.45) is 3.87. The second-order valence-corrected chi connectivity index (χ2v) is 5.53. The Bertz CT molecular complexity index is 240. The first-order valence-electron chi connectivity index (χ1n) is 6.49. The molecule has 3 heteroatoms. The van der Waals surface area contributed by atoms with Gasteiger partial charge in [0.2, 0.25) is 5.91 Å². The Morgan fingerprint density at radius 3 is 2.25 bits per heavy atom. The Morgan fingerprint density at radius 2 is 1.81 bits per heavy atom. The summed E-state index contributed by atoms with van der Waals surface area (Å²) in [5, 5.41) is 6.54. The van der Waals surface area contributed by atoms with Crippen LogP contribution in [0.1, 0.15) is 53.4 Å². The molecule has 0 spiro atoms. The predicted molar refractivity (Wildman–Crippen MR) is 67.3 cm³/mol. The van der Waals surface area contributed by atoms with Crippen molar-refractivity contribution in [2.45, 2.75) is 58.9 Å². The number of hydrogen-bond acceptors (Lipinski definition) is 2. The molecule has 0 aliphatic carbocycles. The van der Waals surface area contributed by atoms with E-state index in [1.54, 1.807) is 0 Å². The smallest absolute Gasteiger partial charge is 0.226 e. The van der Waals surface area contributed by atoms with E-state index in [9.17, 15) is 4.79 Å². The second-order valence-electron chi connectivity index (χ2n) is 5.53. The zero-order valence-electron chi connectivity index (χ0n) is 11.2. The Hall–Kier alpha value is -0.570. The van der Waals surface area contributed by atoms with Gasteiger partial charge in [-0.3, -0.25) is 4.79 Å². The highest BCUT2D eigenvalue weighted by Crippen LogP contribution is 2.29. The van der Waals surface area contributed by atoms with Crippen molar-refractivity contribution in [2.75, 3.05) is 13.1 Å². The molecule has 0 atom stereocenters. The van der Waals surface area contributed by atoms with Crippen LogP contribution in [0.2, 0.25) is 0 Å². The SMILES string of the molecule is CCC(C)(CC)NC(=O)C1(C)CCNCC1. The van der Waals surface area contributed by atoms with Gasteiger partial charge in [-0.2, -0.15) is 0 Å². The molecule has 1 fully saturated rings. The summed E-state index contributed by atoms with van der Waals surface area (Å²) in [6, 6.07) is 0. The van der Waals surface area contributed by atoms with Crippen molar-refractivity contribution < 1.29 is 4.79 Å². The van der Waals surface area contributed by atoms with Crippen LogP contribution in [0.25, 0.3) is 0 Å². The summed E-state index contributed by atoms with van der Waals surface area (Å²) in [5.41, 5.74) is -0.207. The van der Waals surface area contributed by atoms with Crippen LogP contribution in [0.3, 0.4) is 0 Å². The Morgan fingerprint density at radius 1 is 1.31 bits per heavy atom. The first-order valence-corrected chi connectivity index (χ1v) is 6.49. The first kappa shape index (κ1) is 13.5. The number of nitrogens with one attached hydrogen (secondary N) is 2. The van der Waals surface area contributed by atoms with E-state index in [1.807, 2.05) is 0 Å². The summed E-state index contributed by atoms with van der Waals surface area (Å²) in [7, 11) is 0. The molecule has 1 saturated heterocycles. The van der Waals surface area contributed by atoms with Crippen LogP contribution in [0, 0.1) is 5.41 Å². The monoisotopic (exact) mass is 226 g/mol. The largest absolute Gasteiger partial charge is 0.350 e. The fourth-order valence-corrected chi connectivity index (χ4v) is 2.06. The van der Waals surface area contributed by atoms with Crippen molar-refractivity contribution in [1.82, 2.24) is 10.6 Å². The van der Waals surface area contributed by atoms with Gasteiger partial charge in [-0.1, -0.05) is 20.8 Å². The fraction of sp³-hybridized carbons (Fsp3) is 0.923. The van der Waals surface area contributed by atoms with Crippen LogP contribution < -0.4 is 10.6 Å². The molecule has 0 saturated carbocycles. The fourth-order valence-electron chi connectivity index (χ4n) is 2.06. The highest BCUT2D eigenvalue weighted by molar-refractivity contribution is 5.83. The second kappa shape index (κ2) is 5.17. The Labute approximate surface area is 99.4 Å². The van der Waals surface area contributed by atoms with Gasteiger partial charge in [0.05, 0.1) is 0 Å². The number of amides is 1. The number of hydrogen-bond donors (Lipinski definition) is 2. The average Bonchev–Trinajstić information content (AvgIpc) is 2.30. The lowest BCUT2D eigenvalue weighted by molar-refractivity contribution is -0.133. The molecule has 1 heterocycles. The van der Waals surface area contributed by atoms with Gasteiger partial charge >= 0.3 is 0 Å². The van der Waals surface area contributed by atoms with Crippen molar-refractivity contribution in [3.05, 3.63) is 0 Å². The van der Waals surface area contributed by atoms with Crippen LogP contribution in [0.15, 0.2) is 0 Å². The van der Waals surface area contributed by atoms with E-state index in [1.165, 1.54) is 0 Å². The molecule has 1 aliphatic heterocycles. The predicted octanol–water partition coefficient (Wildman–Crippen LogP) is 2.07. The number of carbonyl (C=O) groups excluding carboxylic acids is 1. The van der Waals surface area contributed by atoms with E-state index >= 15 is 0 Å². The van der Waals surface area contributed by atoms with Gasteiger partial charge in [0.15, 0.2) is 0 Å². The molecule has 0 radical (unpaired) electrons. The van der Waals surface area contributed by atoms with E-state index in [2.05, 4.69) is 38.3 Å². The maximum atomic E-state index is 12.3. The van der Waals surface area contributed by atoms with Gasteiger partial charge in [-0.25, -0.2) is 0 Å². The molecule has 0 aromatic rings. The van der Waals surface area contributed by atoms with Crippen LogP contribution in [-0.2, 0) is 4.79 Å². The molecule has 0 aromatic heterocycles. The molecule has 0 unspecified atom stereocenters. The Kier molecular flexibility index (Phi) is 4.36. The lowest BCUT2D eigenvalue weighted by Gasteiger charge is -2.37. The summed E-state index contributed by atoms with van der Waals surface area (Å²) in [4.78, 5) is 12.3. The third-order valence-electron chi connectivity index (χ3n) is 4.23. The molecule has 94 valence electrons. The molecule has 3 nitrogen and oxygen atoms in total. The van der Waals surface area contributed by atoms with E-state index in [0.717, 1.165) is 38.8 Å². The van der Waals surface area contributed by atoms with E-state index in [0.29, 0.717) is 0 Å². The summed E-state index contributed by atoms with van der Waals surface area (Å²) in [6.45, 7) is 10.4. The van der Waals surface area contributed by atoms with Gasteiger partial charge < -0.3 is 10.6 Å². The van der Waals surface area contributed by atoms with Crippen LogP contribution >= 0.6 is 0 Å².